The van der Waals surface area contributed by atoms with E-state index < -0.39 is 0 Å². The van der Waals surface area contributed by atoms with E-state index >= 15 is 0 Å². The first kappa shape index (κ1) is 20.0. The summed E-state index contributed by atoms with van der Waals surface area (Å²) in [5.74, 6) is 1.75. The molecule has 0 spiro atoms. The highest BCUT2D eigenvalue weighted by molar-refractivity contribution is 7.99. The zero-order chi connectivity index (χ0) is 21.0. The third kappa shape index (κ3) is 4.42. The lowest BCUT2D eigenvalue weighted by Gasteiger charge is -2.26. The van der Waals surface area contributed by atoms with E-state index in [4.69, 9.17) is 14.5 Å². The van der Waals surface area contributed by atoms with Crippen molar-refractivity contribution in [1.29, 1.82) is 0 Å². The number of fused-ring (bicyclic) bond motifs is 2. The molecule has 0 saturated carbocycles. The number of ether oxygens (including phenoxy) is 2. The van der Waals surface area contributed by atoms with E-state index in [2.05, 4.69) is 22.0 Å². The topological polar surface area (TPSA) is 65.4 Å². The van der Waals surface area contributed by atoms with Gasteiger partial charge in [-0.05, 0) is 49.9 Å². The zero-order valence-corrected chi connectivity index (χ0v) is 18.1. The lowest BCUT2D eigenvalue weighted by molar-refractivity contribution is -0.119. The Bertz CT molecular complexity index is 1070. The quantitative estimate of drug-likeness (QED) is 0.597. The molecule has 0 radical (unpaired) electrons. The van der Waals surface area contributed by atoms with Gasteiger partial charge < -0.3 is 14.8 Å². The van der Waals surface area contributed by atoms with E-state index in [1.54, 1.807) is 0 Å². The molecule has 7 heteroatoms. The Morgan fingerprint density at radius 1 is 1.06 bits per heavy atom. The van der Waals surface area contributed by atoms with Crippen LogP contribution in [0.5, 0.6) is 11.5 Å². The van der Waals surface area contributed by atoms with Crippen molar-refractivity contribution in [2.24, 2.45) is 0 Å². The number of carbonyl (C=O) groups is 1. The van der Waals surface area contributed by atoms with Gasteiger partial charge in [-0.3, -0.25) is 9.36 Å². The summed E-state index contributed by atoms with van der Waals surface area (Å²) in [6.07, 6.45) is 4.21. The van der Waals surface area contributed by atoms with Crippen LogP contribution in [0.25, 0.3) is 5.69 Å². The van der Waals surface area contributed by atoms with E-state index in [0.717, 1.165) is 35.2 Å². The minimum atomic E-state index is -0.192. The molecule has 6 nitrogen and oxygen atoms in total. The van der Waals surface area contributed by atoms with Crippen LogP contribution in [0.15, 0.2) is 59.8 Å². The molecule has 2 aromatic carbocycles. The van der Waals surface area contributed by atoms with Gasteiger partial charge in [0, 0.05) is 11.4 Å². The summed E-state index contributed by atoms with van der Waals surface area (Å²) in [6.45, 7) is 0.840. The highest BCUT2D eigenvalue weighted by Gasteiger charge is 2.23. The van der Waals surface area contributed by atoms with Crippen LogP contribution in [-0.2, 0) is 17.6 Å². The average Bonchev–Trinajstić information content (AvgIpc) is 3.20. The van der Waals surface area contributed by atoms with Gasteiger partial charge in [-0.2, -0.15) is 0 Å². The lowest BCUT2D eigenvalue weighted by atomic mass is 10.0. The second kappa shape index (κ2) is 9.06. The number of nitrogens with zero attached hydrogens (tertiary/aromatic N) is 2. The van der Waals surface area contributed by atoms with Crippen molar-refractivity contribution in [2.75, 3.05) is 18.9 Å². The van der Waals surface area contributed by atoms with E-state index in [-0.39, 0.29) is 12.0 Å². The Hall–Kier alpha value is -2.93. The summed E-state index contributed by atoms with van der Waals surface area (Å²) in [7, 11) is 0. The maximum absolute atomic E-state index is 12.5. The van der Waals surface area contributed by atoms with Crippen LogP contribution >= 0.6 is 11.8 Å². The van der Waals surface area contributed by atoms with Gasteiger partial charge in [-0.15, -0.1) is 0 Å². The van der Waals surface area contributed by atoms with Crippen molar-refractivity contribution < 1.29 is 14.3 Å². The predicted molar refractivity (Wildman–Crippen MR) is 120 cm³/mol. The van der Waals surface area contributed by atoms with E-state index in [9.17, 15) is 4.79 Å². The molecule has 1 N–H and O–H groups in total. The molecule has 160 valence electrons. The molecule has 2 heterocycles. The summed E-state index contributed by atoms with van der Waals surface area (Å²) < 4.78 is 13.9. The van der Waals surface area contributed by atoms with Gasteiger partial charge in [-0.1, -0.05) is 42.1 Å². The molecule has 5 rings (SSSR count). The minimum Gasteiger partial charge on any atom is -0.486 e. The molecule has 1 amide bonds. The molecule has 0 saturated heterocycles. The summed E-state index contributed by atoms with van der Waals surface area (Å²) in [4.78, 5) is 17.4. The van der Waals surface area contributed by atoms with Crippen LogP contribution in [0.4, 0.5) is 0 Å². The minimum absolute atomic E-state index is 0.0342. The molecule has 0 fully saturated rings. The fourth-order valence-corrected chi connectivity index (χ4v) is 4.91. The number of nitrogens with one attached hydrogen (secondary N) is 1. The molecule has 3 aromatic rings. The molecule has 1 aliphatic heterocycles. The average molecular weight is 436 g/mol. The summed E-state index contributed by atoms with van der Waals surface area (Å²) >= 11 is 1.49. The second-order valence-electron chi connectivity index (χ2n) is 7.76. The molecule has 1 aliphatic carbocycles. The van der Waals surface area contributed by atoms with Gasteiger partial charge in [0.05, 0.1) is 18.0 Å². The third-order valence-corrected chi connectivity index (χ3v) is 6.48. The number of hydrogen-bond donors (Lipinski definition) is 1. The van der Waals surface area contributed by atoms with E-state index in [1.807, 2.05) is 42.5 Å². The largest absolute Gasteiger partial charge is 0.486 e. The Kier molecular flexibility index (Phi) is 5.84. The first-order valence-electron chi connectivity index (χ1n) is 10.7. The van der Waals surface area contributed by atoms with Gasteiger partial charge in [0.25, 0.3) is 0 Å². The van der Waals surface area contributed by atoms with Crippen LogP contribution in [-0.4, -0.2) is 40.5 Å². The summed E-state index contributed by atoms with van der Waals surface area (Å²) in [6, 6.07) is 17.9. The zero-order valence-electron chi connectivity index (χ0n) is 17.3. The fourth-order valence-electron chi connectivity index (χ4n) is 4.03. The molecule has 2 aliphatic rings. The van der Waals surface area contributed by atoms with Crippen LogP contribution in [0.3, 0.4) is 0 Å². The van der Waals surface area contributed by atoms with Crippen molar-refractivity contribution in [2.45, 2.75) is 36.9 Å². The molecular weight excluding hydrogens is 410 g/mol. The maximum Gasteiger partial charge on any atom is 0.230 e. The van der Waals surface area contributed by atoms with Crippen LogP contribution in [0.1, 0.15) is 24.2 Å². The molecular formula is C24H25N3O3S. The number of imidazole rings is 1. The first-order valence-corrected chi connectivity index (χ1v) is 11.7. The first-order chi connectivity index (χ1) is 15.3. The lowest BCUT2D eigenvalue weighted by Crippen LogP contribution is -2.41. The van der Waals surface area contributed by atoms with Crippen molar-refractivity contribution >= 4 is 17.7 Å². The van der Waals surface area contributed by atoms with Crippen LogP contribution < -0.4 is 14.8 Å². The Morgan fingerprint density at radius 2 is 1.84 bits per heavy atom. The summed E-state index contributed by atoms with van der Waals surface area (Å²) in [5, 5.41) is 3.86. The number of hydrogen-bond acceptors (Lipinski definition) is 5. The smallest absolute Gasteiger partial charge is 0.230 e. The van der Waals surface area contributed by atoms with Crippen molar-refractivity contribution in [3.8, 4) is 17.2 Å². The molecule has 31 heavy (non-hydrogen) atoms. The third-order valence-electron chi connectivity index (χ3n) is 5.54. The number of benzene rings is 2. The van der Waals surface area contributed by atoms with Crippen molar-refractivity contribution in [1.82, 2.24) is 14.9 Å². The number of rotatable bonds is 6. The highest BCUT2D eigenvalue weighted by Crippen LogP contribution is 2.31. The number of aromatic nitrogens is 2. The molecule has 1 aromatic heterocycles. The monoisotopic (exact) mass is 435 g/mol. The number of carbonyl (C=O) groups excluding carboxylic acids is 1. The fraction of sp³-hybridized carbons (Fsp3) is 0.333. The Labute approximate surface area is 186 Å². The number of aryl methyl sites for hydroxylation is 1. The van der Waals surface area contributed by atoms with Gasteiger partial charge in [-0.25, -0.2) is 4.98 Å². The maximum atomic E-state index is 12.5. The molecule has 0 bridgehead atoms. The van der Waals surface area contributed by atoms with Crippen LogP contribution in [0, 0.1) is 0 Å². The second-order valence-corrected chi connectivity index (χ2v) is 8.70. The van der Waals surface area contributed by atoms with E-state index in [1.165, 1.54) is 36.0 Å². The van der Waals surface area contributed by atoms with Gasteiger partial charge in [0.2, 0.25) is 5.91 Å². The van der Waals surface area contributed by atoms with Gasteiger partial charge >= 0.3 is 0 Å². The molecule has 1 unspecified atom stereocenters. The predicted octanol–water partition coefficient (Wildman–Crippen LogP) is 3.80. The normalized spacial score (nSPS) is 17.1. The van der Waals surface area contributed by atoms with Crippen LogP contribution in [0.2, 0.25) is 0 Å². The Balaban J connectivity index is 1.21. The number of amides is 1. The SMILES string of the molecule is O=C(CSc1nc2c(n1-c1ccccc1)CCCC2)NCC1COc2ccccc2O1. The van der Waals surface area contributed by atoms with Crippen molar-refractivity contribution in [3.05, 3.63) is 66.0 Å². The number of thioether (sulfide) groups is 1. The summed E-state index contributed by atoms with van der Waals surface area (Å²) in [5.41, 5.74) is 3.56. The van der Waals surface area contributed by atoms with Gasteiger partial charge in [0.1, 0.15) is 12.7 Å². The van der Waals surface area contributed by atoms with Gasteiger partial charge in [0.15, 0.2) is 16.7 Å². The highest BCUT2D eigenvalue weighted by atomic mass is 32.2. The standard InChI is InChI=1S/C24H25N3O3S/c28-23(25-14-18-15-29-21-12-6-7-13-22(21)30-18)16-31-24-26-19-10-4-5-11-20(19)27(24)17-8-2-1-3-9-17/h1-3,6-9,12-13,18H,4-5,10-11,14-16H2,(H,25,28). The molecule has 1 atom stereocenters. The number of para-hydroxylation sites is 3. The van der Waals surface area contributed by atoms with E-state index in [0.29, 0.717) is 18.9 Å². The Morgan fingerprint density at radius 3 is 2.71 bits per heavy atom. The van der Waals surface area contributed by atoms with Crippen molar-refractivity contribution in [3.63, 3.8) is 0 Å².